The van der Waals surface area contributed by atoms with Crippen molar-refractivity contribution in [2.75, 3.05) is 0 Å². The third-order valence-corrected chi connectivity index (χ3v) is 2.74. The van der Waals surface area contributed by atoms with Gasteiger partial charge in [0, 0.05) is 19.5 Å². The van der Waals surface area contributed by atoms with E-state index in [2.05, 4.69) is 0 Å². The van der Waals surface area contributed by atoms with Crippen LogP contribution in [0.25, 0.3) is 0 Å². The van der Waals surface area contributed by atoms with Crippen molar-refractivity contribution in [3.05, 3.63) is 65.2 Å². The predicted octanol–water partition coefficient (Wildman–Crippen LogP) is 3.06. The number of rotatable bonds is 3. The molecule has 0 aliphatic heterocycles. The molecule has 0 fully saturated rings. The van der Waals surface area contributed by atoms with Crippen LogP contribution in [-0.4, -0.2) is 11.1 Å². The SMILES string of the molecule is Cc1ccccc1COC(=O)c1ccccc1O.[Zn]. The molecular weight excluding hydrogens is 294 g/mol. The topological polar surface area (TPSA) is 46.5 Å². The van der Waals surface area contributed by atoms with Crippen molar-refractivity contribution in [2.45, 2.75) is 13.5 Å². The number of carbonyl (C=O) groups excluding carboxylic acids is 1. The molecule has 4 heteroatoms. The van der Waals surface area contributed by atoms with Crippen LogP contribution >= 0.6 is 0 Å². The largest absolute Gasteiger partial charge is 0.507 e. The first-order valence-corrected chi connectivity index (χ1v) is 5.68. The van der Waals surface area contributed by atoms with Gasteiger partial charge < -0.3 is 9.84 Å². The van der Waals surface area contributed by atoms with Crippen molar-refractivity contribution < 1.29 is 34.1 Å². The molecule has 1 N–H and O–H groups in total. The molecule has 0 heterocycles. The molecule has 0 atom stereocenters. The molecule has 2 aromatic carbocycles. The number of para-hydroxylation sites is 1. The number of ether oxygens (including phenoxy) is 1. The van der Waals surface area contributed by atoms with Gasteiger partial charge in [0.05, 0.1) is 0 Å². The molecule has 0 radical (unpaired) electrons. The van der Waals surface area contributed by atoms with Crippen LogP contribution in [0.2, 0.25) is 0 Å². The average Bonchev–Trinajstić information content (AvgIpc) is 2.38. The number of carbonyl (C=O) groups is 1. The van der Waals surface area contributed by atoms with Crippen LogP contribution in [0.15, 0.2) is 48.5 Å². The summed E-state index contributed by atoms with van der Waals surface area (Å²) >= 11 is 0. The molecule has 3 nitrogen and oxygen atoms in total. The fourth-order valence-corrected chi connectivity index (χ4v) is 1.64. The van der Waals surface area contributed by atoms with E-state index in [9.17, 15) is 9.90 Å². The summed E-state index contributed by atoms with van der Waals surface area (Å²) in [5, 5.41) is 9.53. The van der Waals surface area contributed by atoms with Gasteiger partial charge >= 0.3 is 5.97 Å². The van der Waals surface area contributed by atoms with Gasteiger partial charge in [-0.3, -0.25) is 0 Å². The monoisotopic (exact) mass is 306 g/mol. The van der Waals surface area contributed by atoms with E-state index in [0.717, 1.165) is 11.1 Å². The van der Waals surface area contributed by atoms with E-state index in [1.54, 1.807) is 12.1 Å². The van der Waals surface area contributed by atoms with Crippen molar-refractivity contribution in [3.63, 3.8) is 0 Å². The molecule has 0 aromatic heterocycles. The molecule has 0 bridgehead atoms. The van der Waals surface area contributed by atoms with Gasteiger partial charge in [-0.05, 0) is 30.2 Å². The molecule has 0 saturated carbocycles. The number of aromatic hydroxyl groups is 1. The molecule has 0 aliphatic carbocycles. The first kappa shape index (κ1) is 15.4. The van der Waals surface area contributed by atoms with Gasteiger partial charge in [-0.15, -0.1) is 0 Å². The summed E-state index contributed by atoms with van der Waals surface area (Å²) in [4.78, 5) is 11.8. The molecule has 0 amide bonds. The third-order valence-electron chi connectivity index (χ3n) is 2.74. The summed E-state index contributed by atoms with van der Waals surface area (Å²) in [5.41, 5.74) is 2.22. The van der Waals surface area contributed by atoms with Crippen LogP contribution < -0.4 is 0 Å². The van der Waals surface area contributed by atoms with E-state index in [-0.39, 0.29) is 37.4 Å². The van der Waals surface area contributed by atoms with Gasteiger partial charge in [0.1, 0.15) is 17.9 Å². The van der Waals surface area contributed by atoms with Crippen molar-refractivity contribution in [2.24, 2.45) is 0 Å². The standard InChI is InChI=1S/C15H14O3.Zn/c1-11-6-2-3-7-12(11)10-18-15(17)13-8-4-5-9-14(13)16;/h2-9,16H,10H2,1H3;. The van der Waals surface area contributed by atoms with E-state index < -0.39 is 5.97 Å². The van der Waals surface area contributed by atoms with Gasteiger partial charge in [-0.25, -0.2) is 4.79 Å². The Labute approximate surface area is 125 Å². The zero-order valence-electron chi connectivity index (χ0n) is 10.8. The summed E-state index contributed by atoms with van der Waals surface area (Å²) in [5.74, 6) is -0.580. The van der Waals surface area contributed by atoms with Gasteiger partial charge in [0.15, 0.2) is 0 Å². The minimum absolute atomic E-state index is 0. The summed E-state index contributed by atoms with van der Waals surface area (Å²) in [6.45, 7) is 2.17. The van der Waals surface area contributed by atoms with Crippen molar-refractivity contribution in [3.8, 4) is 5.75 Å². The van der Waals surface area contributed by atoms with Crippen molar-refractivity contribution >= 4 is 5.97 Å². The van der Waals surface area contributed by atoms with Crippen LogP contribution in [0, 0.1) is 6.92 Å². The molecule has 94 valence electrons. The van der Waals surface area contributed by atoms with E-state index >= 15 is 0 Å². The second-order valence-corrected chi connectivity index (χ2v) is 4.02. The Morgan fingerprint density at radius 2 is 1.74 bits per heavy atom. The zero-order valence-corrected chi connectivity index (χ0v) is 13.8. The van der Waals surface area contributed by atoms with Crippen molar-refractivity contribution in [1.82, 2.24) is 0 Å². The maximum absolute atomic E-state index is 11.8. The van der Waals surface area contributed by atoms with E-state index in [4.69, 9.17) is 4.74 Å². The smallest absolute Gasteiger partial charge is 0.342 e. The number of hydrogen-bond acceptors (Lipinski definition) is 3. The number of aryl methyl sites for hydroxylation is 1. The fourth-order valence-electron chi connectivity index (χ4n) is 1.64. The summed E-state index contributed by atoms with van der Waals surface area (Å²) in [6, 6.07) is 14.0. The first-order valence-electron chi connectivity index (χ1n) is 5.68. The number of hydrogen-bond donors (Lipinski definition) is 1. The van der Waals surface area contributed by atoms with Gasteiger partial charge in [0.2, 0.25) is 0 Å². The third kappa shape index (κ3) is 3.90. The van der Waals surface area contributed by atoms with Crippen molar-refractivity contribution in [1.29, 1.82) is 0 Å². The predicted molar refractivity (Wildman–Crippen MR) is 68.4 cm³/mol. The van der Waals surface area contributed by atoms with Crippen LogP contribution in [0.1, 0.15) is 21.5 Å². The van der Waals surface area contributed by atoms with E-state index in [1.807, 2.05) is 31.2 Å². The molecular formula is C15H14O3Zn. The average molecular weight is 308 g/mol. The molecule has 0 aliphatic rings. The Morgan fingerprint density at radius 3 is 2.42 bits per heavy atom. The quantitative estimate of drug-likeness (QED) is 0.700. The van der Waals surface area contributed by atoms with Crippen LogP contribution in [0.5, 0.6) is 5.75 Å². The second kappa shape index (κ2) is 7.05. The maximum Gasteiger partial charge on any atom is 0.342 e. The summed E-state index contributed by atoms with van der Waals surface area (Å²) in [7, 11) is 0. The van der Waals surface area contributed by atoms with E-state index in [1.165, 1.54) is 12.1 Å². The van der Waals surface area contributed by atoms with Crippen LogP contribution in [0.4, 0.5) is 0 Å². The molecule has 2 rings (SSSR count). The summed E-state index contributed by atoms with van der Waals surface area (Å²) in [6.07, 6.45) is 0. The van der Waals surface area contributed by atoms with Gasteiger partial charge in [0.25, 0.3) is 0 Å². The van der Waals surface area contributed by atoms with Crippen LogP contribution in [0.3, 0.4) is 0 Å². The van der Waals surface area contributed by atoms with Crippen LogP contribution in [-0.2, 0) is 30.8 Å². The Hall–Kier alpha value is -1.67. The Bertz CT molecular complexity index is 567. The number of benzene rings is 2. The normalized spacial score (nSPS) is 9.53. The minimum Gasteiger partial charge on any atom is -0.507 e. The van der Waals surface area contributed by atoms with E-state index in [0.29, 0.717) is 0 Å². The summed E-state index contributed by atoms with van der Waals surface area (Å²) < 4.78 is 5.18. The molecule has 0 saturated heterocycles. The number of esters is 1. The fraction of sp³-hybridized carbons (Fsp3) is 0.133. The van der Waals surface area contributed by atoms with Gasteiger partial charge in [-0.1, -0.05) is 36.4 Å². The molecule has 19 heavy (non-hydrogen) atoms. The Balaban J connectivity index is 0.00000180. The Kier molecular flexibility index (Phi) is 5.71. The Morgan fingerprint density at radius 1 is 1.11 bits per heavy atom. The number of phenolic OH excluding ortho intramolecular Hbond substituents is 1. The zero-order chi connectivity index (χ0) is 13.0. The van der Waals surface area contributed by atoms with Gasteiger partial charge in [-0.2, -0.15) is 0 Å². The number of phenols is 1. The molecule has 0 spiro atoms. The maximum atomic E-state index is 11.8. The molecule has 2 aromatic rings. The second-order valence-electron chi connectivity index (χ2n) is 4.02. The first-order chi connectivity index (χ1) is 8.68. The minimum atomic E-state index is -0.517. The molecule has 0 unspecified atom stereocenters.